The van der Waals surface area contributed by atoms with Crippen LogP contribution in [0.25, 0.3) is 10.6 Å². The van der Waals surface area contributed by atoms with Gasteiger partial charge in [0.2, 0.25) is 0 Å². The summed E-state index contributed by atoms with van der Waals surface area (Å²) in [5.74, 6) is -0.162. The van der Waals surface area contributed by atoms with E-state index in [0.717, 1.165) is 22.6 Å². The molecule has 1 aromatic carbocycles. The fourth-order valence-corrected chi connectivity index (χ4v) is 2.98. The Labute approximate surface area is 143 Å². The average Bonchev–Trinajstić information content (AvgIpc) is 3.07. The fourth-order valence-electron chi connectivity index (χ4n) is 2.06. The Bertz CT molecular complexity index is 787. The lowest BCUT2D eigenvalue weighted by Crippen LogP contribution is -2.25. The molecule has 0 aliphatic heterocycles. The normalized spacial score (nSPS) is 10.5. The first-order valence-electron chi connectivity index (χ1n) is 7.11. The van der Waals surface area contributed by atoms with Crippen LogP contribution in [-0.4, -0.2) is 22.4 Å². The Balaban J connectivity index is 1.56. The molecule has 23 heavy (non-hydrogen) atoms. The number of pyridine rings is 1. The number of carbonyl (C=O) groups is 1. The molecular formula is C17H14ClN3OS. The highest BCUT2D eigenvalue weighted by atomic mass is 35.5. The number of halogens is 1. The molecule has 0 aliphatic rings. The van der Waals surface area contributed by atoms with Gasteiger partial charge in [-0.05, 0) is 36.2 Å². The van der Waals surface area contributed by atoms with Crippen LogP contribution in [0.5, 0.6) is 0 Å². The van der Waals surface area contributed by atoms with E-state index in [0.29, 0.717) is 17.3 Å². The van der Waals surface area contributed by atoms with Crippen molar-refractivity contribution >= 4 is 28.8 Å². The molecule has 0 saturated heterocycles. The molecule has 2 aromatic heterocycles. The van der Waals surface area contributed by atoms with E-state index in [2.05, 4.69) is 15.3 Å². The summed E-state index contributed by atoms with van der Waals surface area (Å²) in [6.07, 6.45) is 4.20. The number of thiazole rings is 1. The quantitative estimate of drug-likeness (QED) is 0.766. The first-order valence-corrected chi connectivity index (χ1v) is 8.37. The highest BCUT2D eigenvalue weighted by molar-refractivity contribution is 7.13. The lowest BCUT2D eigenvalue weighted by molar-refractivity contribution is 0.0950. The minimum Gasteiger partial charge on any atom is -0.350 e. The minimum absolute atomic E-state index is 0.162. The zero-order valence-corrected chi connectivity index (χ0v) is 13.8. The van der Waals surface area contributed by atoms with Gasteiger partial charge in [0.15, 0.2) is 0 Å². The number of amides is 1. The molecule has 0 saturated carbocycles. The predicted octanol–water partition coefficient (Wildman–Crippen LogP) is 3.83. The second-order valence-corrected chi connectivity index (χ2v) is 6.21. The van der Waals surface area contributed by atoms with E-state index in [9.17, 15) is 4.79 Å². The zero-order valence-electron chi connectivity index (χ0n) is 12.2. The number of carbonyl (C=O) groups excluding carboxylic acids is 1. The molecule has 0 aliphatic carbocycles. The third-order valence-corrected chi connectivity index (χ3v) is 4.40. The summed E-state index contributed by atoms with van der Waals surface area (Å²) in [6.45, 7) is 0.556. The van der Waals surface area contributed by atoms with Crippen LogP contribution in [0, 0.1) is 0 Å². The second-order valence-electron chi connectivity index (χ2n) is 4.91. The van der Waals surface area contributed by atoms with Crippen molar-refractivity contribution in [1.82, 2.24) is 15.3 Å². The fraction of sp³-hybridized carbons (Fsp3) is 0.118. The van der Waals surface area contributed by atoms with Crippen molar-refractivity contribution in [2.75, 3.05) is 6.54 Å². The van der Waals surface area contributed by atoms with E-state index >= 15 is 0 Å². The van der Waals surface area contributed by atoms with Gasteiger partial charge in [0, 0.05) is 34.9 Å². The molecule has 1 N–H and O–H groups in total. The maximum atomic E-state index is 12.1. The van der Waals surface area contributed by atoms with Crippen LogP contribution in [0.2, 0.25) is 5.02 Å². The molecule has 6 heteroatoms. The van der Waals surface area contributed by atoms with E-state index in [-0.39, 0.29) is 5.91 Å². The number of aromatic nitrogens is 2. The van der Waals surface area contributed by atoms with Gasteiger partial charge in [-0.2, -0.15) is 0 Å². The second kappa shape index (κ2) is 7.35. The molecule has 0 radical (unpaired) electrons. The molecule has 0 unspecified atom stereocenters. The SMILES string of the molecule is O=C(NCCc1ccc(Cl)cc1)c1csc(-c2cccnc2)n1. The van der Waals surface area contributed by atoms with E-state index < -0.39 is 0 Å². The molecular weight excluding hydrogens is 330 g/mol. The summed E-state index contributed by atoms with van der Waals surface area (Å²) in [7, 11) is 0. The maximum Gasteiger partial charge on any atom is 0.270 e. The number of benzene rings is 1. The molecule has 0 spiro atoms. The summed E-state index contributed by atoms with van der Waals surface area (Å²) >= 11 is 7.28. The van der Waals surface area contributed by atoms with Crippen LogP contribution < -0.4 is 5.32 Å². The van der Waals surface area contributed by atoms with Gasteiger partial charge in [0.25, 0.3) is 5.91 Å². The van der Waals surface area contributed by atoms with Gasteiger partial charge in [0.05, 0.1) is 0 Å². The van der Waals surface area contributed by atoms with Gasteiger partial charge in [-0.1, -0.05) is 23.7 Å². The molecule has 3 aromatic rings. The Morgan fingerprint density at radius 1 is 1.22 bits per heavy atom. The smallest absolute Gasteiger partial charge is 0.270 e. The monoisotopic (exact) mass is 343 g/mol. The Kier molecular flexibility index (Phi) is 5.00. The van der Waals surface area contributed by atoms with Gasteiger partial charge in [0.1, 0.15) is 10.7 Å². The standard InChI is InChI=1S/C17H14ClN3OS/c18-14-5-3-12(4-6-14)7-9-20-16(22)15-11-23-17(21-15)13-2-1-8-19-10-13/h1-6,8,10-11H,7,9H2,(H,20,22). The highest BCUT2D eigenvalue weighted by Gasteiger charge is 2.11. The predicted molar refractivity (Wildman–Crippen MR) is 92.8 cm³/mol. The number of nitrogens with one attached hydrogen (secondary N) is 1. The summed E-state index contributed by atoms with van der Waals surface area (Å²) in [4.78, 5) is 20.6. The Morgan fingerprint density at radius 2 is 2.04 bits per heavy atom. The highest BCUT2D eigenvalue weighted by Crippen LogP contribution is 2.22. The summed E-state index contributed by atoms with van der Waals surface area (Å²) < 4.78 is 0. The van der Waals surface area contributed by atoms with Crippen LogP contribution in [0.15, 0.2) is 54.2 Å². The number of hydrogen-bond donors (Lipinski definition) is 1. The van der Waals surface area contributed by atoms with Crippen molar-refractivity contribution in [3.8, 4) is 10.6 Å². The van der Waals surface area contributed by atoms with Gasteiger partial charge < -0.3 is 5.32 Å². The molecule has 3 rings (SSSR count). The van der Waals surface area contributed by atoms with Crippen LogP contribution in [0.3, 0.4) is 0 Å². The largest absolute Gasteiger partial charge is 0.350 e. The van der Waals surface area contributed by atoms with Crippen LogP contribution in [0.4, 0.5) is 0 Å². The molecule has 116 valence electrons. The zero-order chi connectivity index (χ0) is 16.1. The van der Waals surface area contributed by atoms with Crippen molar-refractivity contribution < 1.29 is 4.79 Å². The van der Waals surface area contributed by atoms with Crippen molar-refractivity contribution in [1.29, 1.82) is 0 Å². The Hall–Kier alpha value is -2.24. The lowest BCUT2D eigenvalue weighted by atomic mass is 10.1. The minimum atomic E-state index is -0.162. The third kappa shape index (κ3) is 4.15. The maximum absolute atomic E-state index is 12.1. The summed E-state index contributed by atoms with van der Waals surface area (Å²) in [5, 5.41) is 6.15. The summed E-state index contributed by atoms with van der Waals surface area (Å²) in [6, 6.07) is 11.4. The van der Waals surface area contributed by atoms with Crippen LogP contribution in [-0.2, 0) is 6.42 Å². The van der Waals surface area contributed by atoms with Crippen molar-refractivity contribution in [2.45, 2.75) is 6.42 Å². The third-order valence-electron chi connectivity index (χ3n) is 3.26. The number of rotatable bonds is 5. The number of nitrogens with zero attached hydrogens (tertiary/aromatic N) is 2. The molecule has 0 fully saturated rings. The van der Waals surface area contributed by atoms with Gasteiger partial charge in [-0.3, -0.25) is 9.78 Å². The van der Waals surface area contributed by atoms with Crippen molar-refractivity contribution in [2.24, 2.45) is 0 Å². The Morgan fingerprint density at radius 3 is 2.78 bits per heavy atom. The first-order chi connectivity index (χ1) is 11.2. The van der Waals surface area contributed by atoms with Crippen LogP contribution >= 0.6 is 22.9 Å². The van der Waals surface area contributed by atoms with E-state index in [4.69, 9.17) is 11.6 Å². The molecule has 0 bridgehead atoms. The van der Waals surface area contributed by atoms with E-state index in [1.807, 2.05) is 36.4 Å². The first kappa shape index (κ1) is 15.6. The van der Waals surface area contributed by atoms with Gasteiger partial charge in [-0.15, -0.1) is 11.3 Å². The average molecular weight is 344 g/mol. The van der Waals surface area contributed by atoms with Gasteiger partial charge >= 0.3 is 0 Å². The molecule has 4 nitrogen and oxygen atoms in total. The molecule has 1 amide bonds. The van der Waals surface area contributed by atoms with Gasteiger partial charge in [-0.25, -0.2) is 4.98 Å². The van der Waals surface area contributed by atoms with Crippen LogP contribution in [0.1, 0.15) is 16.1 Å². The topological polar surface area (TPSA) is 54.9 Å². The van der Waals surface area contributed by atoms with Crippen molar-refractivity contribution in [3.05, 3.63) is 70.5 Å². The van der Waals surface area contributed by atoms with E-state index in [1.165, 1.54) is 11.3 Å². The summed E-state index contributed by atoms with van der Waals surface area (Å²) in [5.41, 5.74) is 2.48. The van der Waals surface area contributed by atoms with Crippen molar-refractivity contribution in [3.63, 3.8) is 0 Å². The lowest BCUT2D eigenvalue weighted by Gasteiger charge is -2.03. The molecule has 0 atom stereocenters. The molecule has 2 heterocycles. The van der Waals surface area contributed by atoms with E-state index in [1.54, 1.807) is 17.8 Å². The number of hydrogen-bond acceptors (Lipinski definition) is 4.